The number of piperidine rings is 1. The predicted octanol–water partition coefficient (Wildman–Crippen LogP) is 0.410. The van der Waals surface area contributed by atoms with Crippen LogP contribution in [0.5, 0.6) is 0 Å². The number of likely N-dealkylation sites (tertiary alicyclic amines) is 1. The maximum Gasteiger partial charge on any atom is 0.417 e. The summed E-state index contributed by atoms with van der Waals surface area (Å²) in [5.41, 5.74) is 0.646. The fraction of sp³-hybridized carbons (Fsp3) is 0.429. The van der Waals surface area contributed by atoms with Crippen LogP contribution in [-0.2, 0) is 14.8 Å². The summed E-state index contributed by atoms with van der Waals surface area (Å²) in [6.45, 7) is 2.58. The Morgan fingerprint density at radius 1 is 1.35 bits per heavy atom. The lowest BCUT2D eigenvalue weighted by Gasteiger charge is -2.31. The molecule has 0 bridgehead atoms. The maximum atomic E-state index is 12.4. The van der Waals surface area contributed by atoms with Gasteiger partial charge in [0.05, 0.1) is 10.4 Å². The summed E-state index contributed by atoms with van der Waals surface area (Å²) in [4.78, 5) is 26.6. The van der Waals surface area contributed by atoms with Gasteiger partial charge in [-0.25, -0.2) is 17.9 Å². The molecule has 0 radical (unpaired) electrons. The summed E-state index contributed by atoms with van der Waals surface area (Å²) >= 11 is 0. The number of benzene rings is 1. The second-order valence-electron chi connectivity index (χ2n) is 5.57. The summed E-state index contributed by atoms with van der Waals surface area (Å²) in [5.74, 6) is -0.627. The summed E-state index contributed by atoms with van der Waals surface area (Å²) in [5, 5.41) is 0. The van der Waals surface area contributed by atoms with Crippen LogP contribution in [-0.4, -0.2) is 43.3 Å². The molecule has 2 aromatic rings. The average molecular weight is 339 g/mol. The Labute approximate surface area is 132 Å². The molecule has 1 aromatic carbocycles. The number of rotatable bonds is 3. The highest BCUT2D eigenvalue weighted by atomic mass is 32.2. The predicted molar refractivity (Wildman–Crippen MR) is 82.4 cm³/mol. The van der Waals surface area contributed by atoms with Crippen molar-refractivity contribution in [2.24, 2.45) is 0 Å². The number of nitrogens with zero attached hydrogens (tertiary/aromatic N) is 1. The second-order valence-corrected chi connectivity index (χ2v) is 7.29. The molecule has 3 rings (SSSR count). The van der Waals surface area contributed by atoms with Crippen molar-refractivity contribution in [2.45, 2.75) is 30.7 Å². The van der Waals surface area contributed by atoms with Crippen LogP contribution in [0.2, 0.25) is 0 Å². The summed E-state index contributed by atoms with van der Waals surface area (Å²) in [7, 11) is -3.71. The summed E-state index contributed by atoms with van der Waals surface area (Å²) in [6, 6.07) is 4.01. The zero-order valence-corrected chi connectivity index (χ0v) is 13.4. The maximum absolute atomic E-state index is 12.4. The molecule has 0 aliphatic carbocycles. The van der Waals surface area contributed by atoms with E-state index in [1.54, 1.807) is 4.90 Å². The van der Waals surface area contributed by atoms with E-state index in [2.05, 4.69) is 9.71 Å². The van der Waals surface area contributed by atoms with Crippen molar-refractivity contribution in [2.75, 3.05) is 13.1 Å². The molecule has 9 heteroatoms. The van der Waals surface area contributed by atoms with Gasteiger partial charge >= 0.3 is 5.76 Å². The lowest BCUT2D eigenvalue weighted by molar-refractivity contribution is -0.129. The van der Waals surface area contributed by atoms with Crippen molar-refractivity contribution in [3.8, 4) is 0 Å². The Balaban J connectivity index is 1.75. The van der Waals surface area contributed by atoms with Gasteiger partial charge in [0.1, 0.15) is 0 Å². The minimum atomic E-state index is -3.71. The van der Waals surface area contributed by atoms with Crippen LogP contribution in [0.25, 0.3) is 11.1 Å². The molecule has 1 amide bonds. The Morgan fingerprint density at radius 3 is 2.70 bits per heavy atom. The number of carbonyl (C=O) groups excluding carboxylic acids is 1. The molecule has 1 saturated heterocycles. The normalized spacial score (nSPS) is 16.8. The molecule has 0 spiro atoms. The molecule has 23 heavy (non-hydrogen) atoms. The van der Waals surface area contributed by atoms with Gasteiger partial charge in [-0.1, -0.05) is 0 Å². The van der Waals surface area contributed by atoms with Gasteiger partial charge < -0.3 is 9.32 Å². The SMILES string of the molecule is CC(=O)N1CCC(NS(=O)(=O)c2ccc3[nH]c(=O)oc3c2)CC1. The monoisotopic (exact) mass is 339 g/mol. The van der Waals surface area contributed by atoms with Crippen molar-refractivity contribution in [1.82, 2.24) is 14.6 Å². The molecule has 1 aliphatic heterocycles. The van der Waals surface area contributed by atoms with Crippen molar-refractivity contribution in [3.05, 3.63) is 28.7 Å². The largest absolute Gasteiger partial charge is 0.417 e. The van der Waals surface area contributed by atoms with Gasteiger partial charge in [-0.3, -0.25) is 9.78 Å². The summed E-state index contributed by atoms with van der Waals surface area (Å²) in [6.07, 6.45) is 1.14. The van der Waals surface area contributed by atoms with E-state index in [1.807, 2.05) is 0 Å². The van der Waals surface area contributed by atoms with Crippen LogP contribution in [0, 0.1) is 0 Å². The van der Waals surface area contributed by atoms with Crippen LogP contribution >= 0.6 is 0 Å². The quantitative estimate of drug-likeness (QED) is 0.841. The van der Waals surface area contributed by atoms with Gasteiger partial charge in [0.25, 0.3) is 0 Å². The Morgan fingerprint density at radius 2 is 2.04 bits per heavy atom. The number of hydrogen-bond donors (Lipinski definition) is 2. The topological polar surface area (TPSA) is 112 Å². The van der Waals surface area contributed by atoms with Crippen LogP contribution < -0.4 is 10.5 Å². The lowest BCUT2D eigenvalue weighted by atomic mass is 10.1. The smallest absolute Gasteiger partial charge is 0.408 e. The molecule has 8 nitrogen and oxygen atoms in total. The standard InChI is InChI=1S/C14H17N3O5S/c1-9(18)17-6-4-10(5-7-17)16-23(20,21)11-2-3-12-13(8-11)22-14(19)15-12/h2-3,8,10,16H,4-7H2,1H3,(H,15,19). The van der Waals surface area contributed by atoms with E-state index in [9.17, 15) is 18.0 Å². The first-order valence-corrected chi connectivity index (χ1v) is 8.74. The number of sulfonamides is 1. The van der Waals surface area contributed by atoms with Crippen molar-refractivity contribution in [1.29, 1.82) is 0 Å². The molecular formula is C14H17N3O5S. The lowest BCUT2D eigenvalue weighted by Crippen LogP contribution is -2.45. The van der Waals surface area contributed by atoms with Gasteiger partial charge in [-0.05, 0) is 25.0 Å². The molecule has 2 N–H and O–H groups in total. The highest BCUT2D eigenvalue weighted by molar-refractivity contribution is 7.89. The minimum Gasteiger partial charge on any atom is -0.408 e. The molecule has 2 heterocycles. The number of H-pyrrole nitrogens is 1. The highest BCUT2D eigenvalue weighted by Gasteiger charge is 2.25. The van der Waals surface area contributed by atoms with Gasteiger partial charge in [-0.2, -0.15) is 0 Å². The molecular weight excluding hydrogens is 322 g/mol. The van der Waals surface area contributed by atoms with Gasteiger partial charge in [-0.15, -0.1) is 0 Å². The first kappa shape index (κ1) is 15.8. The minimum absolute atomic E-state index is 0.000699. The van der Waals surface area contributed by atoms with Gasteiger partial charge in [0, 0.05) is 32.1 Å². The van der Waals surface area contributed by atoms with Gasteiger partial charge in [0.2, 0.25) is 15.9 Å². The van der Waals surface area contributed by atoms with E-state index in [4.69, 9.17) is 4.42 Å². The zero-order chi connectivity index (χ0) is 16.6. The Kier molecular flexibility index (Phi) is 3.99. The van der Waals surface area contributed by atoms with E-state index in [0.29, 0.717) is 31.4 Å². The van der Waals surface area contributed by atoms with E-state index in [1.165, 1.54) is 25.1 Å². The van der Waals surface area contributed by atoms with E-state index in [-0.39, 0.29) is 22.4 Å². The first-order chi connectivity index (χ1) is 10.8. The highest BCUT2D eigenvalue weighted by Crippen LogP contribution is 2.19. The zero-order valence-electron chi connectivity index (χ0n) is 12.5. The third-order valence-corrected chi connectivity index (χ3v) is 5.48. The molecule has 0 unspecified atom stereocenters. The van der Waals surface area contributed by atoms with Crippen LogP contribution in [0.4, 0.5) is 0 Å². The first-order valence-electron chi connectivity index (χ1n) is 7.26. The number of aromatic nitrogens is 1. The molecule has 1 aromatic heterocycles. The number of nitrogens with one attached hydrogen (secondary N) is 2. The van der Waals surface area contributed by atoms with E-state index < -0.39 is 15.8 Å². The van der Waals surface area contributed by atoms with Crippen LogP contribution in [0.1, 0.15) is 19.8 Å². The van der Waals surface area contributed by atoms with Gasteiger partial charge in [0.15, 0.2) is 5.58 Å². The number of amides is 1. The molecule has 0 atom stereocenters. The number of oxazole rings is 1. The van der Waals surface area contributed by atoms with Crippen molar-refractivity contribution in [3.63, 3.8) is 0 Å². The average Bonchev–Trinajstić information content (AvgIpc) is 2.86. The Hall–Kier alpha value is -2.13. The fourth-order valence-electron chi connectivity index (χ4n) is 2.69. The number of carbonyl (C=O) groups is 1. The Bertz CT molecular complexity index is 891. The number of fused-ring (bicyclic) bond motifs is 1. The molecule has 1 aliphatic rings. The van der Waals surface area contributed by atoms with E-state index in [0.717, 1.165) is 0 Å². The third-order valence-electron chi connectivity index (χ3n) is 3.96. The van der Waals surface area contributed by atoms with Crippen molar-refractivity contribution >= 4 is 27.0 Å². The molecule has 124 valence electrons. The van der Waals surface area contributed by atoms with Crippen molar-refractivity contribution < 1.29 is 17.6 Å². The summed E-state index contributed by atoms with van der Waals surface area (Å²) < 4.78 is 32.4. The molecule has 1 fully saturated rings. The fourth-order valence-corrected chi connectivity index (χ4v) is 4.01. The van der Waals surface area contributed by atoms with Crippen LogP contribution in [0.15, 0.2) is 32.3 Å². The number of hydrogen-bond acceptors (Lipinski definition) is 5. The molecule has 0 saturated carbocycles. The van der Waals surface area contributed by atoms with Crippen LogP contribution in [0.3, 0.4) is 0 Å². The third kappa shape index (κ3) is 3.30. The number of aromatic amines is 1. The second kappa shape index (κ2) is 5.82. The van der Waals surface area contributed by atoms with E-state index >= 15 is 0 Å².